The highest BCUT2D eigenvalue weighted by atomic mass is 16.7. The minimum Gasteiger partial charge on any atom is -0.353 e. The zero-order valence-corrected chi connectivity index (χ0v) is 13.8. The van der Waals surface area contributed by atoms with E-state index in [1.54, 1.807) is 11.1 Å². The van der Waals surface area contributed by atoms with Crippen molar-refractivity contribution >= 4 is 17.8 Å². The highest BCUT2D eigenvalue weighted by molar-refractivity contribution is 5.78. The maximum atomic E-state index is 12.1. The molecule has 1 aliphatic carbocycles. The number of nitrogens with one attached hydrogen (secondary N) is 1. The number of hydroxylamine groups is 1. The molecule has 0 radical (unpaired) electrons. The molecule has 2 amide bonds. The molecule has 1 N–H and O–H groups in total. The fraction of sp³-hybridized carbons (Fsp3) is 0.588. The molecule has 0 bridgehead atoms. The van der Waals surface area contributed by atoms with Crippen molar-refractivity contribution in [1.82, 2.24) is 15.4 Å². The molecular formula is C17H24N4O3. The van der Waals surface area contributed by atoms with Gasteiger partial charge in [0.2, 0.25) is 0 Å². The molecule has 1 aliphatic heterocycles. The molecule has 0 aromatic carbocycles. The van der Waals surface area contributed by atoms with Gasteiger partial charge in [-0.05, 0) is 25.0 Å². The molecule has 2 aliphatic rings. The maximum Gasteiger partial charge on any atom is 0.350 e. The monoisotopic (exact) mass is 332 g/mol. The maximum absolute atomic E-state index is 12.1. The molecule has 0 unspecified atom stereocenters. The first-order valence-electron chi connectivity index (χ1n) is 8.65. The van der Waals surface area contributed by atoms with Crippen molar-refractivity contribution in [2.24, 2.45) is 5.92 Å². The van der Waals surface area contributed by atoms with E-state index in [1.165, 1.54) is 6.42 Å². The first-order valence-corrected chi connectivity index (χ1v) is 8.65. The quantitative estimate of drug-likeness (QED) is 0.838. The van der Waals surface area contributed by atoms with Crippen LogP contribution >= 0.6 is 0 Å². The number of nitrogens with zero attached hydrogens (tertiary/aromatic N) is 3. The highest BCUT2D eigenvalue weighted by Crippen LogP contribution is 2.24. The van der Waals surface area contributed by atoms with Crippen molar-refractivity contribution in [2.75, 3.05) is 31.1 Å². The van der Waals surface area contributed by atoms with Crippen LogP contribution in [-0.2, 0) is 9.63 Å². The number of pyridine rings is 1. The van der Waals surface area contributed by atoms with Crippen LogP contribution < -0.4 is 10.4 Å². The summed E-state index contributed by atoms with van der Waals surface area (Å²) < 4.78 is 0. The lowest BCUT2D eigenvalue weighted by Gasteiger charge is -2.35. The lowest BCUT2D eigenvalue weighted by molar-refractivity contribution is -0.155. The summed E-state index contributed by atoms with van der Waals surface area (Å²) in [6, 6.07) is 5.45. The number of aromatic nitrogens is 1. The summed E-state index contributed by atoms with van der Waals surface area (Å²) in [4.78, 5) is 37.2. The van der Waals surface area contributed by atoms with Gasteiger partial charge in [0.1, 0.15) is 5.82 Å². The van der Waals surface area contributed by atoms with E-state index in [1.807, 2.05) is 18.2 Å². The molecule has 2 heterocycles. The normalized spacial score (nSPS) is 19.0. The molecular weight excluding hydrogens is 308 g/mol. The van der Waals surface area contributed by atoms with Gasteiger partial charge in [0, 0.05) is 32.4 Å². The Morgan fingerprint density at radius 1 is 1.08 bits per heavy atom. The van der Waals surface area contributed by atoms with E-state index in [9.17, 15) is 9.59 Å². The Balaban J connectivity index is 1.41. The van der Waals surface area contributed by atoms with Crippen LogP contribution in [0.4, 0.5) is 10.6 Å². The lowest BCUT2D eigenvalue weighted by Crippen LogP contribution is -2.52. The van der Waals surface area contributed by atoms with Crippen LogP contribution in [-0.4, -0.2) is 48.1 Å². The Morgan fingerprint density at radius 2 is 1.83 bits per heavy atom. The molecule has 2 fully saturated rings. The van der Waals surface area contributed by atoms with Crippen LogP contribution in [0, 0.1) is 5.92 Å². The third kappa shape index (κ3) is 4.15. The zero-order valence-electron chi connectivity index (χ0n) is 13.8. The molecule has 7 heteroatoms. The SMILES string of the molecule is O=C(ONC(=O)N1CCN(c2ccccn2)CC1)C1CCCCC1. The summed E-state index contributed by atoms with van der Waals surface area (Å²) in [6.45, 7) is 2.56. The van der Waals surface area contributed by atoms with Gasteiger partial charge in [-0.25, -0.2) is 14.6 Å². The predicted octanol–water partition coefficient (Wildman–Crippen LogP) is 1.95. The standard InChI is InChI=1S/C17H24N4O3/c22-16(14-6-2-1-3-7-14)24-19-17(23)21-12-10-20(11-13-21)15-8-4-5-9-18-15/h4-5,8-9,14H,1-3,6-7,10-13H2,(H,19,23). The minimum absolute atomic E-state index is 0.0694. The summed E-state index contributed by atoms with van der Waals surface area (Å²) in [6.07, 6.45) is 6.77. The third-order valence-electron chi connectivity index (χ3n) is 4.72. The number of hydrogen-bond donors (Lipinski definition) is 1. The van der Waals surface area contributed by atoms with E-state index in [4.69, 9.17) is 4.84 Å². The highest BCUT2D eigenvalue weighted by Gasteiger charge is 2.26. The van der Waals surface area contributed by atoms with E-state index in [0.717, 1.165) is 31.5 Å². The van der Waals surface area contributed by atoms with Crippen molar-refractivity contribution < 1.29 is 14.4 Å². The molecule has 7 nitrogen and oxygen atoms in total. The van der Waals surface area contributed by atoms with Crippen molar-refractivity contribution in [1.29, 1.82) is 0 Å². The third-order valence-corrected chi connectivity index (χ3v) is 4.72. The molecule has 0 spiro atoms. The molecule has 1 saturated heterocycles. The Hall–Kier alpha value is -2.31. The fourth-order valence-electron chi connectivity index (χ4n) is 3.26. The van der Waals surface area contributed by atoms with Crippen LogP contribution in [0.2, 0.25) is 0 Å². The number of anilines is 1. The van der Waals surface area contributed by atoms with Gasteiger partial charge in [-0.15, -0.1) is 0 Å². The van der Waals surface area contributed by atoms with Crippen LogP contribution in [0.15, 0.2) is 24.4 Å². The second kappa shape index (κ2) is 7.99. The Labute approximate surface area is 141 Å². The lowest BCUT2D eigenvalue weighted by atomic mass is 9.89. The first-order chi connectivity index (χ1) is 11.7. The average Bonchev–Trinajstić information content (AvgIpc) is 2.67. The van der Waals surface area contributed by atoms with Crippen LogP contribution in [0.1, 0.15) is 32.1 Å². The zero-order chi connectivity index (χ0) is 16.8. The Bertz CT molecular complexity index is 552. The number of urea groups is 1. The topological polar surface area (TPSA) is 74.8 Å². The Morgan fingerprint density at radius 3 is 2.50 bits per heavy atom. The van der Waals surface area contributed by atoms with Crippen molar-refractivity contribution in [3.63, 3.8) is 0 Å². The number of hydrogen-bond acceptors (Lipinski definition) is 5. The van der Waals surface area contributed by atoms with Gasteiger partial charge >= 0.3 is 12.0 Å². The molecule has 130 valence electrons. The summed E-state index contributed by atoms with van der Waals surface area (Å²) in [5.41, 5.74) is 2.31. The van der Waals surface area contributed by atoms with E-state index >= 15 is 0 Å². The van der Waals surface area contributed by atoms with Gasteiger partial charge < -0.3 is 14.6 Å². The number of amides is 2. The van der Waals surface area contributed by atoms with Crippen LogP contribution in [0.3, 0.4) is 0 Å². The molecule has 24 heavy (non-hydrogen) atoms. The van der Waals surface area contributed by atoms with E-state index in [2.05, 4.69) is 15.4 Å². The van der Waals surface area contributed by atoms with Gasteiger partial charge in [-0.1, -0.05) is 25.3 Å². The molecule has 1 aromatic rings. The summed E-state index contributed by atoms with van der Waals surface area (Å²) in [5.74, 6) is 0.538. The van der Waals surface area contributed by atoms with Crippen LogP contribution in [0.25, 0.3) is 0 Å². The summed E-state index contributed by atoms with van der Waals surface area (Å²) in [5, 5.41) is 0. The van der Waals surface area contributed by atoms with Crippen molar-refractivity contribution in [2.45, 2.75) is 32.1 Å². The number of carbonyl (C=O) groups is 2. The molecule has 1 aromatic heterocycles. The predicted molar refractivity (Wildman–Crippen MR) is 89.2 cm³/mol. The van der Waals surface area contributed by atoms with E-state index in [0.29, 0.717) is 26.2 Å². The second-order valence-corrected chi connectivity index (χ2v) is 6.33. The van der Waals surface area contributed by atoms with Gasteiger partial charge in [0.25, 0.3) is 0 Å². The number of rotatable bonds is 2. The largest absolute Gasteiger partial charge is 0.353 e. The summed E-state index contributed by atoms with van der Waals surface area (Å²) >= 11 is 0. The van der Waals surface area contributed by atoms with E-state index < -0.39 is 0 Å². The van der Waals surface area contributed by atoms with Gasteiger partial charge in [0.15, 0.2) is 0 Å². The number of piperazine rings is 1. The van der Waals surface area contributed by atoms with Gasteiger partial charge in [-0.3, -0.25) is 0 Å². The van der Waals surface area contributed by atoms with Gasteiger partial charge in [-0.2, -0.15) is 5.48 Å². The minimum atomic E-state index is -0.347. The number of carbonyl (C=O) groups excluding carboxylic acids is 2. The van der Waals surface area contributed by atoms with Crippen molar-refractivity contribution in [3.8, 4) is 0 Å². The van der Waals surface area contributed by atoms with E-state index in [-0.39, 0.29) is 17.9 Å². The summed E-state index contributed by atoms with van der Waals surface area (Å²) in [7, 11) is 0. The Kier molecular flexibility index (Phi) is 5.51. The fourth-order valence-corrected chi connectivity index (χ4v) is 3.26. The van der Waals surface area contributed by atoms with Crippen LogP contribution in [0.5, 0.6) is 0 Å². The molecule has 0 atom stereocenters. The van der Waals surface area contributed by atoms with Crippen molar-refractivity contribution in [3.05, 3.63) is 24.4 Å². The van der Waals surface area contributed by atoms with Gasteiger partial charge in [0.05, 0.1) is 5.92 Å². The second-order valence-electron chi connectivity index (χ2n) is 6.33. The average molecular weight is 332 g/mol. The smallest absolute Gasteiger partial charge is 0.350 e. The molecule has 1 saturated carbocycles. The molecule has 3 rings (SSSR count). The first kappa shape index (κ1) is 16.5.